The smallest absolute Gasteiger partial charge is 0.134 e. The van der Waals surface area contributed by atoms with Crippen LogP contribution in [0.3, 0.4) is 0 Å². The average Bonchev–Trinajstić information content (AvgIpc) is 2.68. The molecule has 0 bridgehead atoms. The van der Waals surface area contributed by atoms with E-state index in [1.165, 1.54) is 12.4 Å². The Morgan fingerprint density at radius 1 is 1.24 bits per heavy atom. The largest absolute Gasteiger partial charge is 0.388 e. The Morgan fingerprint density at radius 3 is 2.41 bits per heavy atom. The van der Waals surface area contributed by atoms with Crippen LogP contribution in [0.15, 0.2) is 24.5 Å². The summed E-state index contributed by atoms with van der Waals surface area (Å²) in [5, 5.41) is 9.68. The molecule has 1 aromatic carbocycles. The van der Waals surface area contributed by atoms with Crippen LogP contribution in [0.2, 0.25) is 0 Å². The Kier molecular flexibility index (Phi) is 3.14. The number of nitrogens with one attached hydrogen (secondary N) is 1. The number of rotatable bonds is 3. The third-order valence-corrected chi connectivity index (χ3v) is 2.32. The van der Waals surface area contributed by atoms with Crippen LogP contribution < -0.4 is 0 Å². The summed E-state index contributed by atoms with van der Waals surface area (Å²) in [6.45, 7) is 0. The summed E-state index contributed by atoms with van der Waals surface area (Å²) >= 11 is 0. The zero-order valence-electron chi connectivity index (χ0n) is 8.62. The van der Waals surface area contributed by atoms with Crippen LogP contribution in [-0.4, -0.2) is 15.1 Å². The van der Waals surface area contributed by atoms with E-state index in [0.717, 1.165) is 0 Å². The van der Waals surface area contributed by atoms with Gasteiger partial charge in [-0.2, -0.15) is 0 Å². The van der Waals surface area contributed by atoms with Crippen molar-refractivity contribution in [3.05, 3.63) is 53.4 Å². The van der Waals surface area contributed by atoms with Crippen molar-refractivity contribution in [2.24, 2.45) is 0 Å². The number of aromatic nitrogens is 2. The normalized spacial score (nSPS) is 12.7. The molecule has 0 aliphatic carbocycles. The van der Waals surface area contributed by atoms with Gasteiger partial charge in [-0.1, -0.05) is 0 Å². The maximum atomic E-state index is 13.3. The van der Waals surface area contributed by atoms with Gasteiger partial charge in [-0.05, 0) is 0 Å². The Labute approximate surface area is 94.9 Å². The van der Waals surface area contributed by atoms with E-state index >= 15 is 0 Å². The summed E-state index contributed by atoms with van der Waals surface area (Å²) in [4.78, 5) is 6.52. The number of aliphatic hydroxyl groups is 1. The molecule has 2 N–H and O–H groups in total. The fourth-order valence-corrected chi connectivity index (χ4v) is 1.57. The van der Waals surface area contributed by atoms with Gasteiger partial charge < -0.3 is 10.1 Å². The molecule has 90 valence electrons. The number of nitrogens with zero attached hydrogens (tertiary/aromatic N) is 1. The van der Waals surface area contributed by atoms with Crippen molar-refractivity contribution in [2.45, 2.75) is 12.5 Å². The first-order valence-electron chi connectivity index (χ1n) is 4.88. The van der Waals surface area contributed by atoms with Crippen LogP contribution in [0.5, 0.6) is 0 Å². The van der Waals surface area contributed by atoms with E-state index < -0.39 is 29.1 Å². The number of benzene rings is 1. The maximum Gasteiger partial charge on any atom is 0.134 e. The van der Waals surface area contributed by atoms with Crippen molar-refractivity contribution >= 4 is 0 Å². The molecule has 0 aliphatic rings. The molecule has 6 heteroatoms. The first-order valence-corrected chi connectivity index (χ1v) is 4.88. The van der Waals surface area contributed by atoms with Crippen LogP contribution >= 0.6 is 0 Å². The van der Waals surface area contributed by atoms with Crippen LogP contribution in [0.1, 0.15) is 17.5 Å². The first kappa shape index (κ1) is 11.7. The molecule has 2 rings (SSSR count). The van der Waals surface area contributed by atoms with Crippen LogP contribution in [-0.2, 0) is 6.42 Å². The number of hydrogen-bond donors (Lipinski definition) is 2. The highest BCUT2D eigenvalue weighted by molar-refractivity contribution is 5.23. The van der Waals surface area contributed by atoms with Crippen molar-refractivity contribution in [2.75, 3.05) is 0 Å². The van der Waals surface area contributed by atoms with E-state index in [9.17, 15) is 18.3 Å². The van der Waals surface area contributed by atoms with E-state index in [2.05, 4.69) is 9.97 Å². The highest BCUT2D eigenvalue weighted by atomic mass is 19.1. The van der Waals surface area contributed by atoms with E-state index in [-0.39, 0.29) is 6.42 Å². The van der Waals surface area contributed by atoms with E-state index in [4.69, 9.17) is 0 Å². The van der Waals surface area contributed by atoms with Gasteiger partial charge in [0.1, 0.15) is 23.3 Å². The number of imidazole rings is 1. The van der Waals surface area contributed by atoms with Crippen LogP contribution in [0.4, 0.5) is 13.2 Å². The molecular weight excluding hydrogens is 233 g/mol. The van der Waals surface area contributed by atoms with Gasteiger partial charge in [0, 0.05) is 30.9 Å². The van der Waals surface area contributed by atoms with Crippen molar-refractivity contribution in [1.29, 1.82) is 0 Å². The second kappa shape index (κ2) is 4.58. The lowest BCUT2D eigenvalue weighted by Gasteiger charge is -2.11. The van der Waals surface area contributed by atoms with Crippen molar-refractivity contribution < 1.29 is 18.3 Å². The topological polar surface area (TPSA) is 48.9 Å². The summed E-state index contributed by atoms with van der Waals surface area (Å²) < 4.78 is 39.3. The van der Waals surface area contributed by atoms with Crippen molar-refractivity contribution in [1.82, 2.24) is 9.97 Å². The Hall–Kier alpha value is -1.82. The molecule has 1 heterocycles. The minimum absolute atomic E-state index is 0.0769. The quantitative estimate of drug-likeness (QED) is 0.865. The van der Waals surface area contributed by atoms with Crippen molar-refractivity contribution in [3.63, 3.8) is 0 Å². The van der Waals surface area contributed by atoms with Gasteiger partial charge in [0.25, 0.3) is 0 Å². The average molecular weight is 242 g/mol. The highest BCUT2D eigenvalue weighted by Crippen LogP contribution is 2.24. The van der Waals surface area contributed by atoms with Crippen LogP contribution in [0, 0.1) is 17.5 Å². The zero-order chi connectivity index (χ0) is 12.4. The number of aliphatic hydroxyl groups excluding tert-OH is 1. The molecule has 0 radical (unpaired) electrons. The Morgan fingerprint density at radius 2 is 1.88 bits per heavy atom. The molecule has 2 aromatic rings. The summed E-state index contributed by atoms with van der Waals surface area (Å²) in [7, 11) is 0. The standard InChI is InChI=1S/C11H9F3N2O/c12-6-3-7(13)11(8(14)4-6)9(17)5-10-15-1-2-16-10/h1-4,9,17H,5H2,(H,15,16). The third-order valence-electron chi connectivity index (χ3n) is 2.32. The van der Waals surface area contributed by atoms with Gasteiger partial charge in [-0.25, -0.2) is 18.2 Å². The minimum atomic E-state index is -1.42. The highest BCUT2D eigenvalue weighted by Gasteiger charge is 2.20. The number of hydrogen-bond acceptors (Lipinski definition) is 2. The van der Waals surface area contributed by atoms with Gasteiger partial charge in [0.15, 0.2) is 0 Å². The van der Waals surface area contributed by atoms with Crippen LogP contribution in [0.25, 0.3) is 0 Å². The summed E-state index contributed by atoms with van der Waals surface area (Å²) in [6.07, 6.45) is 1.49. The molecule has 17 heavy (non-hydrogen) atoms. The maximum absolute atomic E-state index is 13.3. The van der Waals surface area contributed by atoms with Gasteiger partial charge >= 0.3 is 0 Å². The second-order valence-corrected chi connectivity index (χ2v) is 3.54. The van der Waals surface area contributed by atoms with Gasteiger partial charge in [-0.15, -0.1) is 0 Å². The molecule has 1 aromatic heterocycles. The fourth-order valence-electron chi connectivity index (χ4n) is 1.57. The predicted molar refractivity (Wildman–Crippen MR) is 53.6 cm³/mol. The Balaban J connectivity index is 2.27. The summed E-state index contributed by atoms with van der Waals surface area (Å²) in [5.74, 6) is -2.85. The lowest BCUT2D eigenvalue weighted by Crippen LogP contribution is -2.08. The minimum Gasteiger partial charge on any atom is -0.388 e. The molecule has 0 spiro atoms. The number of aromatic amines is 1. The fraction of sp³-hybridized carbons (Fsp3) is 0.182. The lowest BCUT2D eigenvalue weighted by atomic mass is 10.0. The zero-order valence-corrected chi connectivity index (χ0v) is 8.62. The second-order valence-electron chi connectivity index (χ2n) is 3.54. The molecule has 0 aliphatic heterocycles. The molecule has 0 fully saturated rings. The summed E-state index contributed by atoms with van der Waals surface area (Å²) in [6, 6.07) is 1.06. The molecule has 1 unspecified atom stereocenters. The Bertz CT molecular complexity index is 490. The van der Waals surface area contributed by atoms with E-state index in [1.54, 1.807) is 0 Å². The first-order chi connectivity index (χ1) is 8.08. The van der Waals surface area contributed by atoms with E-state index in [1.807, 2.05) is 0 Å². The molecule has 0 saturated carbocycles. The predicted octanol–water partition coefficient (Wildman–Crippen LogP) is 2.10. The van der Waals surface area contributed by atoms with Crippen molar-refractivity contribution in [3.8, 4) is 0 Å². The molecule has 3 nitrogen and oxygen atoms in total. The van der Waals surface area contributed by atoms with Gasteiger partial charge in [0.05, 0.1) is 11.7 Å². The number of H-pyrrole nitrogens is 1. The van der Waals surface area contributed by atoms with E-state index in [0.29, 0.717) is 18.0 Å². The molecule has 0 saturated heterocycles. The monoisotopic (exact) mass is 242 g/mol. The molecule has 1 atom stereocenters. The third kappa shape index (κ3) is 2.47. The summed E-state index contributed by atoms with van der Waals surface area (Å²) in [5.41, 5.74) is -0.553. The van der Waals surface area contributed by atoms with Gasteiger partial charge in [-0.3, -0.25) is 0 Å². The SMILES string of the molecule is OC(Cc1ncc[nH]1)c1c(F)cc(F)cc1F. The number of halogens is 3. The molecule has 0 amide bonds. The molecular formula is C11H9F3N2O. The van der Waals surface area contributed by atoms with Gasteiger partial charge in [0.2, 0.25) is 0 Å². The lowest BCUT2D eigenvalue weighted by molar-refractivity contribution is 0.166.